The van der Waals surface area contributed by atoms with Crippen LogP contribution in [0.4, 0.5) is 10.1 Å². The summed E-state index contributed by atoms with van der Waals surface area (Å²) < 4.78 is 40.3. The zero-order chi connectivity index (χ0) is 18.4. The van der Waals surface area contributed by atoms with E-state index in [9.17, 15) is 17.6 Å². The summed E-state index contributed by atoms with van der Waals surface area (Å²) >= 11 is 0. The van der Waals surface area contributed by atoms with Gasteiger partial charge in [0.25, 0.3) is 15.9 Å². The Hall–Kier alpha value is -2.41. The van der Waals surface area contributed by atoms with Gasteiger partial charge >= 0.3 is 0 Å². The molecule has 5 nitrogen and oxygen atoms in total. The highest BCUT2D eigenvalue weighted by molar-refractivity contribution is 7.92. The molecule has 0 fully saturated rings. The van der Waals surface area contributed by atoms with Crippen LogP contribution in [0.15, 0.2) is 53.4 Å². The molecule has 0 aliphatic rings. The molecule has 0 radical (unpaired) electrons. The van der Waals surface area contributed by atoms with Crippen LogP contribution in [-0.2, 0) is 10.0 Å². The number of anilines is 1. The predicted molar refractivity (Wildman–Crippen MR) is 95.5 cm³/mol. The third-order valence-electron chi connectivity index (χ3n) is 3.64. The van der Waals surface area contributed by atoms with Gasteiger partial charge in [-0.3, -0.25) is 9.52 Å². The van der Waals surface area contributed by atoms with Gasteiger partial charge in [0.15, 0.2) is 0 Å². The lowest BCUT2D eigenvalue weighted by molar-refractivity contribution is 0.0939. The van der Waals surface area contributed by atoms with Crippen LogP contribution >= 0.6 is 0 Å². The van der Waals surface area contributed by atoms with Gasteiger partial charge in [-0.25, -0.2) is 12.8 Å². The number of carbonyl (C=O) groups excluding carboxylic acids is 1. The van der Waals surface area contributed by atoms with Gasteiger partial charge in [-0.15, -0.1) is 0 Å². The molecule has 2 rings (SSSR count). The number of benzene rings is 2. The van der Waals surface area contributed by atoms with Gasteiger partial charge in [-0.2, -0.15) is 0 Å². The third kappa shape index (κ3) is 5.03. The van der Waals surface area contributed by atoms with E-state index >= 15 is 0 Å². The number of rotatable bonds is 7. The van der Waals surface area contributed by atoms with E-state index in [0.717, 1.165) is 25.0 Å². The molecule has 1 amide bonds. The van der Waals surface area contributed by atoms with E-state index < -0.39 is 15.8 Å². The summed E-state index contributed by atoms with van der Waals surface area (Å²) in [6.45, 7) is 3.92. The van der Waals surface area contributed by atoms with E-state index in [1.54, 1.807) is 18.2 Å². The lowest BCUT2D eigenvalue weighted by atomic mass is 10.1. The maximum absolute atomic E-state index is 13.0. The highest BCUT2D eigenvalue weighted by atomic mass is 32.2. The van der Waals surface area contributed by atoms with Crippen molar-refractivity contribution in [2.45, 2.75) is 37.6 Å². The Morgan fingerprint density at radius 1 is 1.12 bits per heavy atom. The standard InChI is InChI=1S/C18H21FN2O3S/c1-3-6-13(2)20-18(22)16-7-4-5-8-17(16)21-25(23,24)15-11-9-14(19)10-12-15/h4-5,7-13,21H,3,6H2,1-2H3,(H,20,22)/t13-/m0/s1. The van der Waals surface area contributed by atoms with Crippen molar-refractivity contribution in [3.63, 3.8) is 0 Å². The topological polar surface area (TPSA) is 75.3 Å². The van der Waals surface area contributed by atoms with Crippen LogP contribution in [-0.4, -0.2) is 20.4 Å². The van der Waals surface area contributed by atoms with Crippen molar-refractivity contribution in [3.05, 3.63) is 59.9 Å². The molecule has 0 unspecified atom stereocenters. The van der Waals surface area contributed by atoms with E-state index in [-0.39, 0.29) is 28.1 Å². The average Bonchev–Trinajstić information content (AvgIpc) is 2.55. The highest BCUT2D eigenvalue weighted by Gasteiger charge is 2.19. The Labute approximate surface area is 147 Å². The minimum Gasteiger partial charge on any atom is -0.350 e. The van der Waals surface area contributed by atoms with Crippen molar-refractivity contribution >= 4 is 21.6 Å². The van der Waals surface area contributed by atoms with Gasteiger partial charge in [-0.1, -0.05) is 25.5 Å². The fourth-order valence-electron chi connectivity index (χ4n) is 2.39. The van der Waals surface area contributed by atoms with Crippen molar-refractivity contribution in [2.24, 2.45) is 0 Å². The first kappa shape index (κ1) is 18.9. The zero-order valence-electron chi connectivity index (χ0n) is 14.1. The number of amides is 1. The molecule has 0 bridgehead atoms. The Balaban J connectivity index is 2.25. The van der Waals surface area contributed by atoms with Crippen molar-refractivity contribution in [1.29, 1.82) is 0 Å². The van der Waals surface area contributed by atoms with E-state index in [1.165, 1.54) is 18.2 Å². The van der Waals surface area contributed by atoms with E-state index in [0.29, 0.717) is 0 Å². The summed E-state index contributed by atoms with van der Waals surface area (Å²) in [7, 11) is -3.92. The summed E-state index contributed by atoms with van der Waals surface area (Å²) in [5.74, 6) is -0.873. The number of sulfonamides is 1. The van der Waals surface area contributed by atoms with Crippen LogP contribution in [0.5, 0.6) is 0 Å². The van der Waals surface area contributed by atoms with Crippen LogP contribution in [0, 0.1) is 5.82 Å². The molecular formula is C18H21FN2O3S. The number of para-hydroxylation sites is 1. The lowest BCUT2D eigenvalue weighted by Crippen LogP contribution is -2.33. The molecule has 0 saturated carbocycles. The first-order valence-electron chi connectivity index (χ1n) is 8.01. The Morgan fingerprint density at radius 2 is 1.76 bits per heavy atom. The Bertz CT molecular complexity index is 836. The molecule has 25 heavy (non-hydrogen) atoms. The maximum Gasteiger partial charge on any atom is 0.261 e. The lowest BCUT2D eigenvalue weighted by Gasteiger charge is -2.16. The van der Waals surface area contributed by atoms with E-state index in [2.05, 4.69) is 10.0 Å². The second-order valence-electron chi connectivity index (χ2n) is 5.77. The van der Waals surface area contributed by atoms with Crippen molar-refractivity contribution in [1.82, 2.24) is 5.32 Å². The van der Waals surface area contributed by atoms with Crippen LogP contribution in [0.1, 0.15) is 37.0 Å². The largest absolute Gasteiger partial charge is 0.350 e. The molecule has 2 N–H and O–H groups in total. The molecule has 0 aliphatic heterocycles. The minimum absolute atomic E-state index is 0.0146. The van der Waals surface area contributed by atoms with Crippen LogP contribution in [0.3, 0.4) is 0 Å². The quantitative estimate of drug-likeness (QED) is 0.789. The smallest absolute Gasteiger partial charge is 0.261 e. The molecule has 134 valence electrons. The molecular weight excluding hydrogens is 343 g/mol. The molecule has 7 heteroatoms. The third-order valence-corrected chi connectivity index (χ3v) is 5.02. The number of hydrogen-bond acceptors (Lipinski definition) is 3. The van der Waals surface area contributed by atoms with Gasteiger partial charge in [0.2, 0.25) is 0 Å². The van der Waals surface area contributed by atoms with Crippen LogP contribution < -0.4 is 10.0 Å². The Morgan fingerprint density at radius 3 is 2.40 bits per heavy atom. The first-order chi connectivity index (χ1) is 11.8. The van der Waals surface area contributed by atoms with E-state index in [1.807, 2.05) is 13.8 Å². The molecule has 0 aliphatic carbocycles. The number of nitrogens with one attached hydrogen (secondary N) is 2. The normalized spacial score (nSPS) is 12.4. The van der Waals surface area contributed by atoms with Gasteiger partial charge < -0.3 is 5.32 Å². The monoisotopic (exact) mass is 364 g/mol. The van der Waals surface area contributed by atoms with Crippen molar-refractivity contribution in [3.8, 4) is 0 Å². The summed E-state index contributed by atoms with van der Waals surface area (Å²) in [5, 5.41) is 2.85. The SMILES string of the molecule is CCC[C@H](C)NC(=O)c1ccccc1NS(=O)(=O)c1ccc(F)cc1. The van der Waals surface area contributed by atoms with Crippen LogP contribution in [0.2, 0.25) is 0 Å². The number of halogens is 1. The van der Waals surface area contributed by atoms with Crippen LogP contribution in [0.25, 0.3) is 0 Å². The van der Waals surface area contributed by atoms with E-state index in [4.69, 9.17) is 0 Å². The number of carbonyl (C=O) groups is 1. The molecule has 2 aromatic rings. The first-order valence-corrected chi connectivity index (χ1v) is 9.50. The summed E-state index contributed by atoms with van der Waals surface area (Å²) in [6, 6.07) is 10.8. The molecule has 0 spiro atoms. The summed E-state index contributed by atoms with van der Waals surface area (Å²) in [4.78, 5) is 12.3. The fraction of sp³-hybridized carbons (Fsp3) is 0.278. The van der Waals surface area contributed by atoms with Gasteiger partial charge in [0.05, 0.1) is 16.1 Å². The molecule has 0 saturated heterocycles. The van der Waals surface area contributed by atoms with Crippen molar-refractivity contribution < 1.29 is 17.6 Å². The molecule has 1 atom stereocenters. The molecule has 2 aromatic carbocycles. The second-order valence-corrected chi connectivity index (χ2v) is 7.45. The Kier molecular flexibility index (Phi) is 6.14. The van der Waals surface area contributed by atoms with Gasteiger partial charge in [-0.05, 0) is 49.7 Å². The summed E-state index contributed by atoms with van der Waals surface area (Å²) in [5.41, 5.74) is 0.407. The summed E-state index contributed by atoms with van der Waals surface area (Å²) in [6.07, 6.45) is 1.76. The zero-order valence-corrected chi connectivity index (χ0v) is 14.9. The second kappa shape index (κ2) is 8.11. The van der Waals surface area contributed by atoms with Crippen molar-refractivity contribution in [2.75, 3.05) is 4.72 Å². The van der Waals surface area contributed by atoms with Gasteiger partial charge in [0.1, 0.15) is 5.82 Å². The molecule has 0 heterocycles. The maximum atomic E-state index is 13.0. The average molecular weight is 364 g/mol. The molecule has 0 aromatic heterocycles. The fourth-order valence-corrected chi connectivity index (χ4v) is 3.47. The van der Waals surface area contributed by atoms with Gasteiger partial charge in [0, 0.05) is 6.04 Å². The minimum atomic E-state index is -3.92. The number of hydrogen-bond donors (Lipinski definition) is 2. The predicted octanol–water partition coefficient (Wildman–Crippen LogP) is 3.54. The highest BCUT2D eigenvalue weighted by Crippen LogP contribution is 2.20.